The largest absolute Gasteiger partial charge is 0.489 e. The number of Topliss-reactive ketones (excluding diaryl/α,β-unsaturated/α-hetero) is 1. The van der Waals surface area contributed by atoms with Crippen LogP contribution in [0.1, 0.15) is 38.2 Å². The van der Waals surface area contributed by atoms with Crippen LogP contribution in [0.3, 0.4) is 0 Å². The van der Waals surface area contributed by atoms with Crippen LogP contribution in [0.15, 0.2) is 42.6 Å². The first-order valence-electron chi connectivity index (χ1n) is 10.1. The Bertz CT molecular complexity index is 794. The average Bonchev–Trinajstić information content (AvgIpc) is 3.17. The van der Waals surface area contributed by atoms with Gasteiger partial charge < -0.3 is 23.9 Å². The summed E-state index contributed by atoms with van der Waals surface area (Å²) in [7, 11) is 1.65. The summed E-state index contributed by atoms with van der Waals surface area (Å²) in [6.07, 6.45) is 3.44. The normalized spacial score (nSPS) is 17.2. The lowest BCUT2D eigenvalue weighted by Crippen LogP contribution is -2.24. The minimum absolute atomic E-state index is 0.140. The molecule has 1 aromatic heterocycles. The predicted octanol–water partition coefficient (Wildman–Crippen LogP) is 3.85. The Morgan fingerprint density at radius 2 is 2.03 bits per heavy atom. The van der Waals surface area contributed by atoms with Gasteiger partial charge >= 0.3 is 0 Å². The van der Waals surface area contributed by atoms with Gasteiger partial charge in [-0.2, -0.15) is 0 Å². The molecule has 6 heteroatoms. The topological polar surface area (TPSA) is 60.9 Å². The van der Waals surface area contributed by atoms with E-state index in [2.05, 4.69) is 28.9 Å². The Hall–Kier alpha value is -2.60. The van der Waals surface area contributed by atoms with Crippen molar-refractivity contribution in [3.8, 4) is 11.6 Å². The van der Waals surface area contributed by atoms with Crippen molar-refractivity contribution in [1.82, 2.24) is 4.98 Å². The summed E-state index contributed by atoms with van der Waals surface area (Å²) in [5.41, 5.74) is 2.25. The van der Waals surface area contributed by atoms with Crippen LogP contribution in [0.2, 0.25) is 0 Å². The Morgan fingerprint density at radius 3 is 2.76 bits per heavy atom. The lowest BCUT2D eigenvalue weighted by atomic mass is 9.96. The highest BCUT2D eigenvalue weighted by atomic mass is 16.5. The average molecular weight is 399 g/mol. The SMILES string of the molecule is COCCOc1cc(N2CC[C@@H](Oc3ccc([C@H](C)CC(C)=O)cc3)C2)ccn1. The van der Waals surface area contributed by atoms with E-state index in [1.807, 2.05) is 24.3 Å². The highest BCUT2D eigenvalue weighted by Crippen LogP contribution is 2.27. The number of rotatable bonds is 10. The second-order valence-corrected chi connectivity index (χ2v) is 7.54. The van der Waals surface area contributed by atoms with E-state index in [-0.39, 0.29) is 17.8 Å². The molecule has 1 fully saturated rings. The van der Waals surface area contributed by atoms with Gasteiger partial charge in [0.2, 0.25) is 5.88 Å². The lowest BCUT2D eigenvalue weighted by molar-refractivity contribution is -0.117. The molecule has 6 nitrogen and oxygen atoms in total. The summed E-state index contributed by atoms with van der Waals surface area (Å²) in [6.45, 7) is 6.49. The maximum absolute atomic E-state index is 11.3. The molecule has 2 atom stereocenters. The first kappa shape index (κ1) is 21.1. The second-order valence-electron chi connectivity index (χ2n) is 7.54. The highest BCUT2D eigenvalue weighted by Gasteiger charge is 2.24. The minimum atomic E-state index is 0.140. The number of pyridine rings is 1. The third kappa shape index (κ3) is 6.19. The number of carbonyl (C=O) groups is 1. The Labute approximate surface area is 172 Å². The number of hydrogen-bond acceptors (Lipinski definition) is 6. The van der Waals surface area contributed by atoms with Crippen LogP contribution >= 0.6 is 0 Å². The van der Waals surface area contributed by atoms with E-state index in [4.69, 9.17) is 14.2 Å². The molecule has 0 bridgehead atoms. The quantitative estimate of drug-likeness (QED) is 0.567. The van der Waals surface area contributed by atoms with E-state index in [1.165, 1.54) is 5.56 Å². The summed E-state index contributed by atoms with van der Waals surface area (Å²) in [5, 5.41) is 0. The van der Waals surface area contributed by atoms with E-state index < -0.39 is 0 Å². The van der Waals surface area contributed by atoms with Gasteiger partial charge in [0, 0.05) is 44.4 Å². The van der Waals surface area contributed by atoms with Crippen LogP contribution in [0.5, 0.6) is 11.6 Å². The fourth-order valence-electron chi connectivity index (χ4n) is 3.58. The molecule has 29 heavy (non-hydrogen) atoms. The number of anilines is 1. The van der Waals surface area contributed by atoms with Gasteiger partial charge in [0.15, 0.2) is 0 Å². The number of methoxy groups -OCH3 is 1. The molecule has 156 valence electrons. The molecule has 2 heterocycles. The van der Waals surface area contributed by atoms with Gasteiger partial charge in [-0.25, -0.2) is 4.98 Å². The molecule has 0 radical (unpaired) electrons. The van der Waals surface area contributed by atoms with Gasteiger partial charge in [-0.05, 0) is 36.6 Å². The summed E-state index contributed by atoms with van der Waals surface area (Å²) in [4.78, 5) is 17.9. The van der Waals surface area contributed by atoms with Crippen LogP contribution in [0.4, 0.5) is 5.69 Å². The summed E-state index contributed by atoms with van der Waals surface area (Å²) in [6, 6.07) is 12.1. The van der Waals surface area contributed by atoms with Gasteiger partial charge in [0.25, 0.3) is 0 Å². The van der Waals surface area contributed by atoms with Gasteiger partial charge in [0.05, 0.1) is 13.2 Å². The molecule has 1 aliphatic heterocycles. The van der Waals surface area contributed by atoms with E-state index in [1.54, 1.807) is 20.2 Å². The van der Waals surface area contributed by atoms with Crippen LogP contribution in [0, 0.1) is 0 Å². The number of ketones is 1. The number of hydrogen-bond donors (Lipinski definition) is 0. The molecule has 0 saturated carbocycles. The third-order valence-electron chi connectivity index (χ3n) is 5.11. The van der Waals surface area contributed by atoms with Crippen LogP contribution in [-0.4, -0.2) is 50.3 Å². The smallest absolute Gasteiger partial charge is 0.215 e. The molecule has 1 aliphatic rings. The van der Waals surface area contributed by atoms with E-state index in [0.29, 0.717) is 25.5 Å². The van der Waals surface area contributed by atoms with Gasteiger partial charge in [-0.3, -0.25) is 0 Å². The standard InChI is InChI=1S/C23H30N2O4/c1-17(14-18(2)26)19-4-6-21(7-5-19)29-22-9-11-25(16-22)20-8-10-24-23(15-20)28-13-12-27-3/h4-8,10,15,17,22H,9,11-14,16H2,1-3H3/t17-,22-/m1/s1. The molecule has 0 spiro atoms. The molecule has 0 N–H and O–H groups in total. The molecule has 2 aromatic rings. The minimum Gasteiger partial charge on any atom is -0.489 e. The number of carbonyl (C=O) groups excluding carboxylic acids is 1. The lowest BCUT2D eigenvalue weighted by Gasteiger charge is -2.20. The number of ether oxygens (including phenoxy) is 3. The first-order valence-corrected chi connectivity index (χ1v) is 10.1. The predicted molar refractivity (Wildman–Crippen MR) is 113 cm³/mol. The van der Waals surface area contributed by atoms with E-state index in [0.717, 1.165) is 30.9 Å². The molecule has 0 amide bonds. The maximum Gasteiger partial charge on any atom is 0.215 e. The fraction of sp³-hybridized carbons (Fsp3) is 0.478. The van der Waals surface area contributed by atoms with E-state index >= 15 is 0 Å². The molecule has 0 unspecified atom stereocenters. The van der Waals surface area contributed by atoms with Crippen molar-refractivity contribution in [2.24, 2.45) is 0 Å². The molecular formula is C23H30N2O4. The van der Waals surface area contributed by atoms with Gasteiger partial charge in [-0.1, -0.05) is 19.1 Å². The third-order valence-corrected chi connectivity index (χ3v) is 5.11. The summed E-state index contributed by atoms with van der Waals surface area (Å²) < 4.78 is 16.8. The van der Waals surface area contributed by atoms with Crippen LogP contribution in [0.25, 0.3) is 0 Å². The zero-order valence-electron chi connectivity index (χ0n) is 17.5. The second kappa shape index (κ2) is 10.3. The zero-order chi connectivity index (χ0) is 20.6. The summed E-state index contributed by atoms with van der Waals surface area (Å²) >= 11 is 0. The molecule has 1 saturated heterocycles. The molecule has 1 aromatic carbocycles. The number of nitrogens with zero attached hydrogens (tertiary/aromatic N) is 2. The van der Waals surface area contributed by atoms with Crippen molar-refractivity contribution < 1.29 is 19.0 Å². The van der Waals surface area contributed by atoms with Crippen molar-refractivity contribution in [3.63, 3.8) is 0 Å². The monoisotopic (exact) mass is 398 g/mol. The first-order chi connectivity index (χ1) is 14.0. The van der Waals surface area contributed by atoms with Crippen molar-refractivity contribution in [2.45, 2.75) is 38.7 Å². The van der Waals surface area contributed by atoms with Gasteiger partial charge in [-0.15, -0.1) is 0 Å². The Kier molecular flexibility index (Phi) is 7.47. The molecular weight excluding hydrogens is 368 g/mol. The Balaban J connectivity index is 1.53. The fourth-order valence-corrected chi connectivity index (χ4v) is 3.58. The van der Waals surface area contributed by atoms with E-state index in [9.17, 15) is 4.79 Å². The van der Waals surface area contributed by atoms with Gasteiger partial charge in [0.1, 0.15) is 24.2 Å². The molecule has 3 rings (SSSR count). The highest BCUT2D eigenvalue weighted by molar-refractivity contribution is 5.76. The van der Waals surface area contributed by atoms with Crippen LogP contribution < -0.4 is 14.4 Å². The van der Waals surface area contributed by atoms with Crippen molar-refractivity contribution in [1.29, 1.82) is 0 Å². The Morgan fingerprint density at radius 1 is 1.24 bits per heavy atom. The van der Waals surface area contributed by atoms with Crippen LogP contribution in [-0.2, 0) is 9.53 Å². The van der Waals surface area contributed by atoms with Crippen molar-refractivity contribution in [2.75, 3.05) is 38.3 Å². The maximum atomic E-state index is 11.3. The number of benzene rings is 1. The molecule has 0 aliphatic carbocycles. The van der Waals surface area contributed by atoms with Crippen molar-refractivity contribution >= 4 is 11.5 Å². The zero-order valence-corrected chi connectivity index (χ0v) is 17.5. The number of aromatic nitrogens is 1. The van der Waals surface area contributed by atoms with Crippen molar-refractivity contribution in [3.05, 3.63) is 48.2 Å². The summed E-state index contributed by atoms with van der Waals surface area (Å²) in [5.74, 6) is 1.93.